The van der Waals surface area contributed by atoms with Gasteiger partial charge in [-0.1, -0.05) is 37.6 Å². The first-order chi connectivity index (χ1) is 16.3. The first-order valence-corrected chi connectivity index (χ1v) is 13.5. The molecule has 0 unspecified atom stereocenters. The molecule has 34 heavy (non-hydrogen) atoms. The Morgan fingerprint density at radius 1 is 1.09 bits per heavy atom. The monoisotopic (exact) mass is 462 g/mol. The molecule has 3 fully saturated rings. The smallest absolute Gasteiger partial charge is 0.142 e. The highest BCUT2D eigenvalue weighted by molar-refractivity contribution is 5.84. The van der Waals surface area contributed by atoms with Crippen LogP contribution in [-0.4, -0.2) is 45.6 Å². The summed E-state index contributed by atoms with van der Waals surface area (Å²) in [6.45, 7) is 10.7. The lowest BCUT2D eigenvalue weighted by molar-refractivity contribution is -0.124. The zero-order valence-corrected chi connectivity index (χ0v) is 21.8. The molecule has 2 atom stereocenters. The van der Waals surface area contributed by atoms with Gasteiger partial charge in [0.15, 0.2) is 0 Å². The van der Waals surface area contributed by atoms with Crippen molar-refractivity contribution in [3.8, 4) is 0 Å². The molecule has 0 spiro atoms. The molecule has 5 heteroatoms. The minimum Gasteiger partial charge on any atom is -0.311 e. The van der Waals surface area contributed by atoms with Crippen LogP contribution in [0.3, 0.4) is 0 Å². The molecular formula is C29H42N4O. The second-order valence-corrected chi connectivity index (χ2v) is 12.0. The minimum absolute atomic E-state index is 0.0101. The van der Waals surface area contributed by atoms with Crippen molar-refractivity contribution >= 4 is 5.78 Å². The molecule has 1 aromatic heterocycles. The van der Waals surface area contributed by atoms with E-state index in [4.69, 9.17) is 10.2 Å². The Balaban J connectivity index is 1.38. The third kappa shape index (κ3) is 4.86. The fraction of sp³-hybridized carbons (Fsp3) is 0.690. The number of benzene rings is 1. The van der Waals surface area contributed by atoms with E-state index in [9.17, 15) is 4.79 Å². The van der Waals surface area contributed by atoms with E-state index in [0.29, 0.717) is 24.2 Å². The van der Waals surface area contributed by atoms with Crippen LogP contribution in [0, 0.1) is 31.6 Å². The first kappa shape index (κ1) is 23.7. The molecule has 5 nitrogen and oxygen atoms in total. The van der Waals surface area contributed by atoms with Crippen LogP contribution < -0.4 is 0 Å². The van der Waals surface area contributed by atoms with Gasteiger partial charge in [0.2, 0.25) is 0 Å². The van der Waals surface area contributed by atoms with Gasteiger partial charge in [0.05, 0.1) is 0 Å². The summed E-state index contributed by atoms with van der Waals surface area (Å²) in [7, 11) is 2.15. The quantitative estimate of drug-likeness (QED) is 0.511. The molecule has 0 radical (unpaired) electrons. The number of carbonyl (C=O) groups is 1. The number of Topliss-reactive ketones (excluding diaryl/α,β-unsaturated/α-hetero) is 1. The molecule has 2 aromatic rings. The fourth-order valence-electron chi connectivity index (χ4n) is 6.47. The van der Waals surface area contributed by atoms with Crippen LogP contribution in [0.1, 0.15) is 98.6 Å². The van der Waals surface area contributed by atoms with Gasteiger partial charge in [-0.15, -0.1) is 10.2 Å². The molecule has 1 saturated heterocycles. The summed E-state index contributed by atoms with van der Waals surface area (Å²) in [5.74, 6) is 5.03. The molecule has 0 amide bonds. The molecule has 2 aliphatic carbocycles. The molecule has 1 aliphatic heterocycles. The zero-order chi connectivity index (χ0) is 24.0. The SMILES string of the molecule is Cc1ccc(CC(=O)[C@H]2CN(C)CC[C@@H]2c2nnc(C3CC(CC(C)C)C3)n2C2CC2)c(C)c1. The predicted octanol–water partition coefficient (Wildman–Crippen LogP) is 5.62. The number of likely N-dealkylation sites (tertiary alicyclic amines) is 1. The van der Waals surface area contributed by atoms with E-state index in [2.05, 4.69) is 62.4 Å². The summed E-state index contributed by atoms with van der Waals surface area (Å²) in [6, 6.07) is 7.01. The molecule has 0 N–H and O–H groups in total. The normalized spacial score (nSPS) is 27.7. The van der Waals surface area contributed by atoms with Crippen LogP contribution in [0.4, 0.5) is 0 Å². The molecular weight excluding hydrogens is 420 g/mol. The third-order valence-electron chi connectivity index (χ3n) is 8.49. The topological polar surface area (TPSA) is 51.0 Å². The van der Waals surface area contributed by atoms with Gasteiger partial charge in [-0.2, -0.15) is 0 Å². The molecule has 2 heterocycles. The summed E-state index contributed by atoms with van der Waals surface area (Å²) in [5.41, 5.74) is 3.64. The van der Waals surface area contributed by atoms with Crippen molar-refractivity contribution < 1.29 is 4.79 Å². The van der Waals surface area contributed by atoms with Gasteiger partial charge in [-0.3, -0.25) is 4.79 Å². The van der Waals surface area contributed by atoms with E-state index in [0.717, 1.165) is 42.7 Å². The number of rotatable bonds is 8. The average Bonchev–Trinajstić information content (AvgIpc) is 3.51. The molecule has 0 bridgehead atoms. The van der Waals surface area contributed by atoms with E-state index < -0.39 is 0 Å². The van der Waals surface area contributed by atoms with Gasteiger partial charge < -0.3 is 9.47 Å². The lowest BCUT2D eigenvalue weighted by atomic mass is 9.71. The van der Waals surface area contributed by atoms with Crippen molar-refractivity contribution in [2.45, 2.75) is 90.5 Å². The Kier molecular flexibility index (Phi) is 6.67. The molecule has 2 saturated carbocycles. The Labute approximate surface area is 205 Å². The van der Waals surface area contributed by atoms with Gasteiger partial charge in [0, 0.05) is 36.8 Å². The molecule has 5 rings (SSSR count). The summed E-state index contributed by atoms with van der Waals surface area (Å²) >= 11 is 0. The van der Waals surface area contributed by atoms with E-state index in [1.54, 1.807) is 0 Å². The highest BCUT2D eigenvalue weighted by Crippen LogP contribution is 2.48. The minimum atomic E-state index is -0.0101. The van der Waals surface area contributed by atoms with Crippen molar-refractivity contribution in [3.63, 3.8) is 0 Å². The Hall–Kier alpha value is -2.01. The number of aryl methyl sites for hydroxylation is 2. The number of hydrogen-bond acceptors (Lipinski definition) is 4. The van der Waals surface area contributed by atoms with Gasteiger partial charge in [-0.05, 0) is 88.9 Å². The van der Waals surface area contributed by atoms with Gasteiger partial charge in [0.1, 0.15) is 17.4 Å². The van der Waals surface area contributed by atoms with Crippen LogP contribution in [-0.2, 0) is 11.2 Å². The predicted molar refractivity (Wildman–Crippen MR) is 136 cm³/mol. The maximum atomic E-state index is 13.7. The zero-order valence-electron chi connectivity index (χ0n) is 21.8. The van der Waals surface area contributed by atoms with E-state index in [1.165, 1.54) is 49.1 Å². The van der Waals surface area contributed by atoms with Crippen LogP contribution in [0.15, 0.2) is 18.2 Å². The third-order valence-corrected chi connectivity index (χ3v) is 8.49. The Morgan fingerprint density at radius 3 is 2.50 bits per heavy atom. The summed E-state index contributed by atoms with van der Waals surface area (Å²) < 4.78 is 2.50. The van der Waals surface area contributed by atoms with Crippen LogP contribution >= 0.6 is 0 Å². The van der Waals surface area contributed by atoms with Crippen molar-refractivity contribution in [2.75, 3.05) is 20.1 Å². The van der Waals surface area contributed by atoms with Crippen LogP contribution in [0.2, 0.25) is 0 Å². The number of carbonyl (C=O) groups excluding carboxylic acids is 1. The second-order valence-electron chi connectivity index (χ2n) is 12.0. The average molecular weight is 463 g/mol. The summed E-state index contributed by atoms with van der Waals surface area (Å²) in [4.78, 5) is 16.0. The van der Waals surface area contributed by atoms with Crippen molar-refractivity contribution in [2.24, 2.45) is 17.8 Å². The van der Waals surface area contributed by atoms with Crippen molar-refractivity contribution in [1.82, 2.24) is 19.7 Å². The maximum absolute atomic E-state index is 13.7. The Bertz CT molecular complexity index is 1030. The number of hydrogen-bond donors (Lipinski definition) is 0. The largest absolute Gasteiger partial charge is 0.311 e. The first-order valence-electron chi connectivity index (χ1n) is 13.5. The number of piperidine rings is 1. The summed E-state index contributed by atoms with van der Waals surface area (Å²) in [5, 5.41) is 9.62. The maximum Gasteiger partial charge on any atom is 0.142 e. The second kappa shape index (κ2) is 9.56. The fourth-order valence-corrected chi connectivity index (χ4v) is 6.47. The summed E-state index contributed by atoms with van der Waals surface area (Å²) in [6.07, 6.45) is 7.81. The Morgan fingerprint density at radius 2 is 1.82 bits per heavy atom. The van der Waals surface area contributed by atoms with E-state index >= 15 is 0 Å². The number of nitrogens with zero attached hydrogens (tertiary/aromatic N) is 4. The molecule has 3 aliphatic rings. The van der Waals surface area contributed by atoms with Crippen molar-refractivity contribution in [3.05, 3.63) is 46.5 Å². The van der Waals surface area contributed by atoms with Crippen LogP contribution in [0.5, 0.6) is 0 Å². The van der Waals surface area contributed by atoms with Gasteiger partial charge in [0.25, 0.3) is 0 Å². The van der Waals surface area contributed by atoms with Gasteiger partial charge in [-0.25, -0.2) is 0 Å². The lowest BCUT2D eigenvalue weighted by Crippen LogP contribution is -2.42. The number of aromatic nitrogens is 3. The number of ketones is 1. The standard InChI is InChI=1S/C29H42N4O/c1-18(2)12-21-14-23(15-21)28-30-31-29(33(28)24-8-9-24)25-10-11-32(5)17-26(25)27(34)16-22-7-6-19(3)13-20(22)4/h6-7,13,18,21,23-26H,8-12,14-17H2,1-5H3/t21?,23?,25-,26-/m0/s1. The van der Waals surface area contributed by atoms with Crippen molar-refractivity contribution in [1.29, 1.82) is 0 Å². The molecule has 1 aromatic carbocycles. The van der Waals surface area contributed by atoms with Crippen LogP contribution in [0.25, 0.3) is 0 Å². The highest BCUT2D eigenvalue weighted by atomic mass is 16.1. The van der Waals surface area contributed by atoms with E-state index in [1.807, 2.05) is 0 Å². The lowest BCUT2D eigenvalue weighted by Gasteiger charge is -2.37. The molecule has 184 valence electrons. The van der Waals surface area contributed by atoms with E-state index in [-0.39, 0.29) is 11.8 Å². The van der Waals surface area contributed by atoms with Gasteiger partial charge >= 0.3 is 0 Å². The highest BCUT2D eigenvalue weighted by Gasteiger charge is 2.43.